The summed E-state index contributed by atoms with van der Waals surface area (Å²) in [4.78, 5) is 4.58. The van der Waals surface area contributed by atoms with Crippen LogP contribution in [0.3, 0.4) is 0 Å². The molecule has 1 aliphatic heterocycles. The van der Waals surface area contributed by atoms with Crippen LogP contribution in [0.2, 0.25) is 0 Å². The summed E-state index contributed by atoms with van der Waals surface area (Å²) in [6, 6.07) is 10.5. The van der Waals surface area contributed by atoms with Crippen molar-refractivity contribution in [1.29, 1.82) is 0 Å². The van der Waals surface area contributed by atoms with E-state index in [4.69, 9.17) is 14.6 Å². The highest BCUT2D eigenvalue weighted by atomic mass is 16.7. The van der Waals surface area contributed by atoms with Gasteiger partial charge in [0.05, 0.1) is 48.6 Å². The zero-order valence-electron chi connectivity index (χ0n) is 20.0. The fraction of sp³-hybridized carbons (Fsp3) is 0.385. The molecule has 0 bridgehead atoms. The molecule has 4 aromatic heterocycles. The second kappa shape index (κ2) is 9.24. The maximum atomic E-state index is 5.89. The van der Waals surface area contributed by atoms with Gasteiger partial charge in [0.1, 0.15) is 0 Å². The van der Waals surface area contributed by atoms with Gasteiger partial charge in [-0.1, -0.05) is 13.0 Å². The summed E-state index contributed by atoms with van der Waals surface area (Å²) < 4.78 is 17.3. The first-order valence-corrected chi connectivity index (χ1v) is 12.2. The molecule has 9 nitrogen and oxygen atoms in total. The molecular weight excluding hydrogens is 442 g/mol. The molecule has 0 N–H and O–H groups in total. The summed E-state index contributed by atoms with van der Waals surface area (Å²) in [5.74, 6) is 0.112. The Balaban J connectivity index is 1.22. The van der Waals surface area contributed by atoms with E-state index < -0.39 is 0 Å². The second-order valence-electron chi connectivity index (χ2n) is 9.15. The van der Waals surface area contributed by atoms with E-state index in [2.05, 4.69) is 40.3 Å². The van der Waals surface area contributed by atoms with Crippen molar-refractivity contribution in [1.82, 2.24) is 34.2 Å². The van der Waals surface area contributed by atoms with E-state index in [0.717, 1.165) is 52.9 Å². The lowest BCUT2D eigenvalue weighted by molar-refractivity contribution is -0.163. The van der Waals surface area contributed by atoms with Gasteiger partial charge >= 0.3 is 0 Å². The third kappa shape index (κ3) is 4.33. The maximum absolute atomic E-state index is 5.89. The second-order valence-corrected chi connectivity index (χ2v) is 9.15. The largest absolute Gasteiger partial charge is 0.353 e. The van der Waals surface area contributed by atoms with Crippen LogP contribution in [-0.4, -0.2) is 53.7 Å². The number of fused-ring (bicyclic) bond motifs is 2. The van der Waals surface area contributed by atoms with Crippen LogP contribution in [0.4, 0.5) is 0 Å². The van der Waals surface area contributed by atoms with Crippen molar-refractivity contribution in [3.8, 4) is 11.3 Å². The van der Waals surface area contributed by atoms with E-state index in [1.165, 1.54) is 12.0 Å². The molecule has 1 fully saturated rings. The topological polar surface area (TPSA) is 84.3 Å². The van der Waals surface area contributed by atoms with Gasteiger partial charge in [-0.2, -0.15) is 15.3 Å². The molecule has 6 rings (SSSR count). The van der Waals surface area contributed by atoms with Gasteiger partial charge in [-0.15, -0.1) is 0 Å². The van der Waals surface area contributed by atoms with Gasteiger partial charge in [0, 0.05) is 36.7 Å². The van der Waals surface area contributed by atoms with Crippen molar-refractivity contribution in [2.24, 2.45) is 7.05 Å². The van der Waals surface area contributed by atoms with Crippen molar-refractivity contribution in [2.75, 3.05) is 13.2 Å². The van der Waals surface area contributed by atoms with E-state index in [1.54, 1.807) is 4.68 Å². The Morgan fingerprint density at radius 1 is 1.11 bits per heavy atom. The lowest BCUT2D eigenvalue weighted by Crippen LogP contribution is -2.24. The minimum atomic E-state index is -0.0733. The number of aryl methyl sites for hydroxylation is 1. The summed E-state index contributed by atoms with van der Waals surface area (Å²) in [5, 5.41) is 14.8. The summed E-state index contributed by atoms with van der Waals surface area (Å²) in [6.45, 7) is 4.27. The molecule has 0 saturated carbocycles. The zero-order valence-corrected chi connectivity index (χ0v) is 20.0. The maximum Gasteiger partial charge on any atom is 0.157 e. The van der Waals surface area contributed by atoms with Gasteiger partial charge in [-0.05, 0) is 49.1 Å². The van der Waals surface area contributed by atoms with Crippen molar-refractivity contribution in [2.45, 2.75) is 44.9 Å². The number of rotatable bonds is 7. The molecule has 1 aliphatic rings. The van der Waals surface area contributed by atoms with Gasteiger partial charge in [0.15, 0.2) is 11.9 Å². The third-order valence-electron chi connectivity index (χ3n) is 6.74. The Bertz CT molecular complexity index is 1460. The average Bonchev–Trinajstić information content (AvgIpc) is 3.62. The van der Waals surface area contributed by atoms with E-state index >= 15 is 0 Å². The van der Waals surface area contributed by atoms with E-state index in [9.17, 15) is 0 Å². The van der Waals surface area contributed by atoms with Crippen LogP contribution in [-0.2, 0) is 23.1 Å². The van der Waals surface area contributed by atoms with Crippen LogP contribution >= 0.6 is 0 Å². The molecule has 1 saturated heterocycles. The molecule has 9 heteroatoms. The molecule has 180 valence electrons. The molecule has 0 radical (unpaired) electrons. The third-order valence-corrected chi connectivity index (χ3v) is 6.74. The number of hydrogen-bond donors (Lipinski definition) is 0. The summed E-state index contributed by atoms with van der Waals surface area (Å²) >= 11 is 0. The monoisotopic (exact) mass is 471 g/mol. The number of benzene rings is 1. The normalized spacial score (nSPS) is 17.4. The van der Waals surface area contributed by atoms with Crippen LogP contribution < -0.4 is 0 Å². The van der Waals surface area contributed by atoms with E-state index in [0.29, 0.717) is 13.2 Å². The average molecular weight is 472 g/mol. The number of nitrogens with zero attached hydrogens (tertiary/aromatic N) is 7. The van der Waals surface area contributed by atoms with Gasteiger partial charge in [-0.25, -0.2) is 9.50 Å². The van der Waals surface area contributed by atoms with Crippen LogP contribution in [0.15, 0.2) is 55.1 Å². The molecule has 0 aliphatic carbocycles. The molecule has 5 heterocycles. The summed E-state index contributed by atoms with van der Waals surface area (Å²) in [7, 11) is 1.91. The highest BCUT2D eigenvalue weighted by Gasteiger charge is 2.18. The lowest BCUT2D eigenvalue weighted by Gasteiger charge is -2.22. The van der Waals surface area contributed by atoms with Gasteiger partial charge in [0.2, 0.25) is 0 Å². The van der Waals surface area contributed by atoms with E-state index in [1.807, 2.05) is 53.2 Å². The number of aromatic nitrogens is 7. The standard InChI is InChI=1S/C26H29N7O2/c1-18(24-16-27-25-9-7-22(30-33(24)25)21-15-28-31(2)17-21)19-6-8-23-20(13-19)14-29-32(23)10-12-35-26-5-3-4-11-34-26/h6-9,13-18,26H,3-5,10-12H2,1-2H3/t18?,26-/m0/s1. The van der Waals surface area contributed by atoms with Crippen LogP contribution in [0.5, 0.6) is 0 Å². The molecule has 1 unspecified atom stereocenters. The van der Waals surface area contributed by atoms with Crippen LogP contribution in [0.25, 0.3) is 27.8 Å². The first kappa shape index (κ1) is 21.9. The summed E-state index contributed by atoms with van der Waals surface area (Å²) in [6.07, 6.45) is 10.8. The fourth-order valence-corrected chi connectivity index (χ4v) is 4.73. The summed E-state index contributed by atoms with van der Waals surface area (Å²) in [5.41, 5.74) is 6.02. The quantitative estimate of drug-likeness (QED) is 0.354. The minimum absolute atomic E-state index is 0.0733. The Hall–Kier alpha value is -3.56. The van der Waals surface area contributed by atoms with Gasteiger partial charge in [0.25, 0.3) is 0 Å². The lowest BCUT2D eigenvalue weighted by atomic mass is 9.97. The number of imidazole rings is 1. The predicted molar refractivity (Wildman–Crippen MR) is 132 cm³/mol. The Labute approximate surface area is 203 Å². The number of hydrogen-bond acceptors (Lipinski definition) is 6. The first-order chi connectivity index (χ1) is 17.2. The minimum Gasteiger partial charge on any atom is -0.353 e. The molecule has 0 amide bonds. The molecule has 2 atom stereocenters. The van der Waals surface area contributed by atoms with Gasteiger partial charge < -0.3 is 9.47 Å². The van der Waals surface area contributed by atoms with Crippen molar-refractivity contribution in [3.05, 3.63) is 66.4 Å². The Kier molecular flexibility index (Phi) is 5.79. The Morgan fingerprint density at radius 3 is 2.89 bits per heavy atom. The Morgan fingerprint density at radius 2 is 2.06 bits per heavy atom. The highest BCUT2D eigenvalue weighted by Crippen LogP contribution is 2.28. The van der Waals surface area contributed by atoms with E-state index in [-0.39, 0.29) is 12.2 Å². The zero-order chi connectivity index (χ0) is 23.8. The van der Waals surface area contributed by atoms with Gasteiger partial charge in [-0.3, -0.25) is 9.36 Å². The van der Waals surface area contributed by atoms with Crippen molar-refractivity contribution < 1.29 is 9.47 Å². The predicted octanol–water partition coefficient (Wildman–Crippen LogP) is 4.17. The van der Waals surface area contributed by atoms with Crippen molar-refractivity contribution >= 4 is 16.6 Å². The fourth-order valence-electron chi connectivity index (χ4n) is 4.73. The highest BCUT2D eigenvalue weighted by molar-refractivity contribution is 5.79. The van der Waals surface area contributed by atoms with Crippen LogP contribution in [0.1, 0.15) is 43.4 Å². The number of ether oxygens (including phenoxy) is 2. The molecular formula is C26H29N7O2. The van der Waals surface area contributed by atoms with Crippen molar-refractivity contribution in [3.63, 3.8) is 0 Å². The first-order valence-electron chi connectivity index (χ1n) is 12.2. The van der Waals surface area contributed by atoms with Crippen LogP contribution in [0, 0.1) is 0 Å². The molecule has 35 heavy (non-hydrogen) atoms. The molecule has 5 aromatic rings. The molecule has 1 aromatic carbocycles. The SMILES string of the molecule is CC(c1ccc2c(cnn2CCO[C@H]2CCCCO2)c1)c1cnc2ccc(-c3cnn(C)c3)nn12. The molecule has 0 spiro atoms. The smallest absolute Gasteiger partial charge is 0.157 e.